The zero-order valence-corrected chi connectivity index (χ0v) is 17.7. The molecule has 2 N–H and O–H groups in total. The first-order valence-electron chi connectivity index (χ1n) is 10.2. The predicted molar refractivity (Wildman–Crippen MR) is 120 cm³/mol. The summed E-state index contributed by atoms with van der Waals surface area (Å²) in [4.78, 5) is 48.5. The summed E-state index contributed by atoms with van der Waals surface area (Å²) in [6.45, 7) is 1.65. The number of aromatic nitrogens is 1. The first kappa shape index (κ1) is 20.3. The van der Waals surface area contributed by atoms with Crippen molar-refractivity contribution in [3.8, 4) is 5.88 Å². The Morgan fingerprint density at radius 1 is 1.06 bits per heavy atom. The van der Waals surface area contributed by atoms with Gasteiger partial charge in [0, 0.05) is 42.6 Å². The molecule has 0 atom stereocenters. The monoisotopic (exact) mass is 450 g/mol. The van der Waals surface area contributed by atoms with Crippen LogP contribution in [0.5, 0.6) is 5.88 Å². The van der Waals surface area contributed by atoms with Gasteiger partial charge in [-0.3, -0.25) is 14.4 Å². The van der Waals surface area contributed by atoms with E-state index >= 15 is 0 Å². The summed E-state index contributed by atoms with van der Waals surface area (Å²) in [6, 6.07) is 12.1. The summed E-state index contributed by atoms with van der Waals surface area (Å²) >= 11 is 5.61. The molecule has 9 heteroatoms. The maximum atomic E-state index is 13.2. The highest BCUT2D eigenvalue weighted by atomic mass is 35.5. The molecule has 1 fully saturated rings. The Kier molecular flexibility index (Phi) is 4.94. The van der Waals surface area contributed by atoms with Crippen molar-refractivity contribution in [1.82, 2.24) is 14.8 Å². The second-order valence-electron chi connectivity index (χ2n) is 7.72. The van der Waals surface area contributed by atoms with E-state index in [-0.39, 0.29) is 35.1 Å². The minimum atomic E-state index is -0.341. The zero-order chi connectivity index (χ0) is 22.4. The molecule has 3 heterocycles. The predicted octanol–water partition coefficient (Wildman–Crippen LogP) is 2.71. The molecule has 0 aliphatic carbocycles. The first-order chi connectivity index (χ1) is 15.5. The van der Waals surface area contributed by atoms with E-state index in [2.05, 4.69) is 9.98 Å². The van der Waals surface area contributed by atoms with Crippen LogP contribution in [0.1, 0.15) is 26.3 Å². The number of benzene rings is 2. The van der Waals surface area contributed by atoms with Gasteiger partial charge in [-0.2, -0.15) is 0 Å². The lowest BCUT2D eigenvalue weighted by molar-refractivity contribution is -0.129. The quantitative estimate of drug-likeness (QED) is 0.598. The third kappa shape index (κ3) is 3.23. The van der Waals surface area contributed by atoms with Gasteiger partial charge in [0.2, 0.25) is 11.7 Å². The Morgan fingerprint density at radius 3 is 2.53 bits per heavy atom. The summed E-state index contributed by atoms with van der Waals surface area (Å²) in [7, 11) is 0. The summed E-state index contributed by atoms with van der Waals surface area (Å²) < 4.78 is 0. The van der Waals surface area contributed by atoms with Gasteiger partial charge in [0.05, 0.1) is 16.8 Å². The van der Waals surface area contributed by atoms with Gasteiger partial charge in [-0.05, 0) is 24.3 Å². The number of aromatic hydroxyl groups is 1. The van der Waals surface area contributed by atoms with Crippen LogP contribution in [0.3, 0.4) is 0 Å². The third-order valence-electron chi connectivity index (χ3n) is 5.89. The molecule has 1 saturated heterocycles. The summed E-state index contributed by atoms with van der Waals surface area (Å²) in [5.74, 6) is -0.886. The van der Waals surface area contributed by atoms with Crippen molar-refractivity contribution in [1.29, 1.82) is 0 Å². The summed E-state index contributed by atoms with van der Waals surface area (Å²) in [6.07, 6.45) is 0. The van der Waals surface area contributed by atoms with Gasteiger partial charge in [-0.25, -0.2) is 4.99 Å². The molecule has 0 spiro atoms. The minimum absolute atomic E-state index is 0.0742. The van der Waals surface area contributed by atoms with Crippen molar-refractivity contribution >= 4 is 51.5 Å². The minimum Gasteiger partial charge on any atom is -0.494 e. The largest absolute Gasteiger partial charge is 0.494 e. The number of Topliss-reactive ketones (excluding diaryl/α,β-unsaturated/α-hetero) is 1. The van der Waals surface area contributed by atoms with Crippen LogP contribution in [0.2, 0.25) is 0 Å². The lowest BCUT2D eigenvalue weighted by Gasteiger charge is -2.34. The van der Waals surface area contributed by atoms with Gasteiger partial charge in [0.15, 0.2) is 5.88 Å². The van der Waals surface area contributed by atoms with E-state index in [4.69, 9.17) is 11.6 Å². The topological polar surface area (TPSA) is 106 Å². The number of ketones is 1. The number of aromatic amines is 1. The van der Waals surface area contributed by atoms with E-state index in [1.165, 1.54) is 0 Å². The third-order valence-corrected chi connectivity index (χ3v) is 6.12. The Hall–Kier alpha value is -3.65. The number of hydrogen-bond donors (Lipinski definition) is 2. The molecule has 8 nitrogen and oxygen atoms in total. The maximum Gasteiger partial charge on any atom is 0.254 e. The van der Waals surface area contributed by atoms with Crippen LogP contribution in [0.25, 0.3) is 10.9 Å². The molecule has 2 aliphatic rings. The van der Waals surface area contributed by atoms with E-state index < -0.39 is 0 Å². The van der Waals surface area contributed by atoms with E-state index in [9.17, 15) is 19.5 Å². The van der Waals surface area contributed by atoms with Gasteiger partial charge in [-0.1, -0.05) is 18.2 Å². The van der Waals surface area contributed by atoms with Gasteiger partial charge < -0.3 is 19.9 Å². The number of nitrogens with one attached hydrogen (secondary N) is 1. The number of H-pyrrole nitrogens is 1. The van der Waals surface area contributed by atoms with E-state index in [0.717, 1.165) is 0 Å². The van der Waals surface area contributed by atoms with Crippen LogP contribution in [0.15, 0.2) is 47.5 Å². The average molecular weight is 451 g/mol. The number of carbonyl (C=O) groups excluding carboxylic acids is 3. The SMILES string of the molecule is O=C1C(c2c(O)[nH]c3ccccc23)=Nc2ccc(C(=O)N3CCN(C(=O)CCl)CC3)cc21. The Labute approximate surface area is 188 Å². The van der Waals surface area contributed by atoms with E-state index in [0.29, 0.717) is 59.5 Å². The number of piperazine rings is 1. The molecular weight excluding hydrogens is 432 g/mol. The number of para-hydroxylation sites is 1. The van der Waals surface area contributed by atoms with Crippen LogP contribution in [0.4, 0.5) is 5.69 Å². The highest BCUT2D eigenvalue weighted by Gasteiger charge is 2.32. The number of nitrogens with zero attached hydrogens (tertiary/aromatic N) is 3. The number of halogens is 1. The fraction of sp³-hybridized carbons (Fsp3) is 0.217. The Bertz CT molecular complexity index is 1300. The van der Waals surface area contributed by atoms with E-state index in [1.807, 2.05) is 24.3 Å². The number of hydrogen-bond acceptors (Lipinski definition) is 5. The molecule has 32 heavy (non-hydrogen) atoms. The fourth-order valence-electron chi connectivity index (χ4n) is 4.21. The summed E-state index contributed by atoms with van der Waals surface area (Å²) in [5, 5.41) is 11.1. The maximum absolute atomic E-state index is 13.2. The fourth-order valence-corrected chi connectivity index (χ4v) is 4.38. The van der Waals surface area contributed by atoms with Gasteiger partial charge >= 0.3 is 0 Å². The van der Waals surface area contributed by atoms with Crippen LogP contribution in [0, 0.1) is 0 Å². The normalized spacial score (nSPS) is 15.8. The van der Waals surface area contributed by atoms with Gasteiger partial charge in [0.25, 0.3) is 5.91 Å². The van der Waals surface area contributed by atoms with Crippen molar-refractivity contribution in [3.63, 3.8) is 0 Å². The molecule has 3 aromatic rings. The molecule has 0 radical (unpaired) electrons. The number of alkyl halides is 1. The van der Waals surface area contributed by atoms with Crippen molar-refractivity contribution in [3.05, 3.63) is 59.2 Å². The molecule has 0 saturated carbocycles. The molecule has 0 bridgehead atoms. The second-order valence-corrected chi connectivity index (χ2v) is 7.99. The van der Waals surface area contributed by atoms with Gasteiger partial charge in [-0.15, -0.1) is 11.6 Å². The molecule has 0 unspecified atom stereocenters. The standard InChI is InChI=1S/C23H19ClN4O4/c24-12-18(29)27-7-9-28(10-8-27)23(32)13-5-6-17-15(11-13)21(30)20(25-17)19-14-3-1-2-4-16(14)26-22(19)31/h1-6,11,26,31H,7-10,12H2. The average Bonchev–Trinajstić information content (AvgIpc) is 3.33. The highest BCUT2D eigenvalue weighted by Crippen LogP contribution is 2.35. The second kappa shape index (κ2) is 7.80. The highest BCUT2D eigenvalue weighted by molar-refractivity contribution is 6.56. The van der Waals surface area contributed by atoms with Crippen molar-refractivity contribution in [2.45, 2.75) is 0 Å². The number of aliphatic imine (C=N–C) groups is 1. The molecule has 162 valence electrons. The van der Waals surface area contributed by atoms with Crippen molar-refractivity contribution < 1.29 is 19.5 Å². The number of carbonyl (C=O) groups is 3. The Morgan fingerprint density at radius 2 is 1.78 bits per heavy atom. The lowest BCUT2D eigenvalue weighted by Crippen LogP contribution is -2.51. The number of amides is 2. The molecule has 2 aliphatic heterocycles. The molecule has 2 amide bonds. The molecular formula is C23H19ClN4O4. The van der Waals surface area contributed by atoms with Crippen LogP contribution < -0.4 is 0 Å². The van der Waals surface area contributed by atoms with Gasteiger partial charge in [0.1, 0.15) is 11.6 Å². The van der Waals surface area contributed by atoms with Crippen LogP contribution >= 0.6 is 11.6 Å². The molecule has 1 aromatic heterocycles. The zero-order valence-electron chi connectivity index (χ0n) is 17.0. The lowest BCUT2D eigenvalue weighted by atomic mass is 10.00. The van der Waals surface area contributed by atoms with Crippen molar-refractivity contribution in [2.24, 2.45) is 4.99 Å². The van der Waals surface area contributed by atoms with Crippen LogP contribution in [-0.4, -0.2) is 75.3 Å². The number of rotatable bonds is 3. The van der Waals surface area contributed by atoms with E-state index in [1.54, 1.807) is 28.0 Å². The summed E-state index contributed by atoms with van der Waals surface area (Å²) in [5.41, 5.74) is 2.38. The number of fused-ring (bicyclic) bond motifs is 2. The Balaban J connectivity index is 1.39. The van der Waals surface area contributed by atoms with Crippen molar-refractivity contribution in [2.75, 3.05) is 32.1 Å². The van der Waals surface area contributed by atoms with Crippen LogP contribution in [-0.2, 0) is 4.79 Å². The first-order valence-corrected chi connectivity index (χ1v) is 10.7. The molecule has 2 aromatic carbocycles. The smallest absolute Gasteiger partial charge is 0.254 e. The molecule has 5 rings (SSSR count).